The molecule has 9 heteroatoms. The number of halogens is 3. The lowest BCUT2D eigenvalue weighted by atomic mass is 9.72. The first-order chi connectivity index (χ1) is 14.5. The van der Waals surface area contributed by atoms with Crippen molar-refractivity contribution in [3.8, 4) is 0 Å². The number of alkyl halides is 3. The summed E-state index contributed by atoms with van der Waals surface area (Å²) in [6.07, 6.45) is -0.235. The molecule has 2 heterocycles. The van der Waals surface area contributed by atoms with Gasteiger partial charge in [-0.25, -0.2) is 4.79 Å². The molecule has 6 nitrogen and oxygen atoms in total. The number of ether oxygens (including phenoxy) is 1. The van der Waals surface area contributed by atoms with Gasteiger partial charge in [-0.2, -0.15) is 13.2 Å². The number of likely N-dealkylation sites (tertiary alicyclic amines) is 2. The van der Waals surface area contributed by atoms with Gasteiger partial charge in [0, 0.05) is 33.3 Å². The molecule has 0 radical (unpaired) electrons. The zero-order valence-electron chi connectivity index (χ0n) is 18.1. The van der Waals surface area contributed by atoms with E-state index in [-0.39, 0.29) is 12.5 Å². The van der Waals surface area contributed by atoms with Crippen LogP contribution in [-0.2, 0) is 20.9 Å². The molecule has 1 spiro atoms. The third kappa shape index (κ3) is 7.81. The van der Waals surface area contributed by atoms with Crippen molar-refractivity contribution in [1.29, 1.82) is 0 Å². The standard InChI is InChI=1S/C20H30N2O2.C2HF3O2/c1-17-4-6-18(7-5-17)14-21-11-3-8-20(16-21)9-12-22(13-10-20)19(23)15-24-2;3-2(4,5)1(6)7/h4-7H,3,8-16H2,1-2H3;(H,6,7). The third-order valence-corrected chi connectivity index (χ3v) is 5.95. The molecule has 2 aliphatic heterocycles. The van der Waals surface area contributed by atoms with Crippen molar-refractivity contribution in [2.75, 3.05) is 39.9 Å². The number of rotatable bonds is 4. The average molecular weight is 444 g/mol. The lowest BCUT2D eigenvalue weighted by molar-refractivity contribution is -0.192. The zero-order valence-corrected chi connectivity index (χ0v) is 18.1. The number of carbonyl (C=O) groups is 2. The molecule has 1 aromatic rings. The van der Waals surface area contributed by atoms with E-state index >= 15 is 0 Å². The van der Waals surface area contributed by atoms with Crippen molar-refractivity contribution in [2.45, 2.75) is 45.3 Å². The first kappa shape index (κ1) is 25.1. The molecule has 1 N–H and O–H groups in total. The Morgan fingerprint density at radius 1 is 1.10 bits per heavy atom. The molecule has 0 aromatic heterocycles. The summed E-state index contributed by atoms with van der Waals surface area (Å²) in [7, 11) is 1.59. The highest BCUT2D eigenvalue weighted by Gasteiger charge is 2.39. The normalized spacial score (nSPS) is 18.9. The molecule has 1 amide bonds. The smallest absolute Gasteiger partial charge is 0.475 e. The summed E-state index contributed by atoms with van der Waals surface area (Å²) in [5.41, 5.74) is 3.14. The molecule has 0 saturated carbocycles. The van der Waals surface area contributed by atoms with Crippen LogP contribution in [0.2, 0.25) is 0 Å². The quantitative estimate of drug-likeness (QED) is 0.770. The Balaban J connectivity index is 0.000000423. The van der Waals surface area contributed by atoms with Gasteiger partial charge in [-0.1, -0.05) is 29.8 Å². The monoisotopic (exact) mass is 444 g/mol. The van der Waals surface area contributed by atoms with E-state index in [1.54, 1.807) is 7.11 Å². The maximum Gasteiger partial charge on any atom is 0.490 e. The molecule has 1 aromatic carbocycles. The molecular formula is C22H31F3N2O4. The van der Waals surface area contributed by atoms with Crippen molar-refractivity contribution in [3.05, 3.63) is 35.4 Å². The number of aryl methyl sites for hydroxylation is 1. The summed E-state index contributed by atoms with van der Waals surface area (Å²) < 4.78 is 36.7. The summed E-state index contributed by atoms with van der Waals surface area (Å²) in [5, 5.41) is 7.12. The van der Waals surface area contributed by atoms with Crippen LogP contribution in [0.1, 0.15) is 36.8 Å². The summed E-state index contributed by atoms with van der Waals surface area (Å²) in [6, 6.07) is 8.91. The fraction of sp³-hybridized carbons (Fsp3) is 0.636. The fourth-order valence-electron chi connectivity index (χ4n) is 4.25. The Kier molecular flexibility index (Phi) is 8.88. The second-order valence-electron chi connectivity index (χ2n) is 8.42. The van der Waals surface area contributed by atoms with Gasteiger partial charge in [0.15, 0.2) is 0 Å². The Bertz CT molecular complexity index is 729. The van der Waals surface area contributed by atoms with Crippen LogP contribution in [0.5, 0.6) is 0 Å². The van der Waals surface area contributed by atoms with E-state index in [4.69, 9.17) is 14.6 Å². The summed E-state index contributed by atoms with van der Waals surface area (Å²) >= 11 is 0. The Morgan fingerprint density at radius 2 is 1.68 bits per heavy atom. The lowest BCUT2D eigenvalue weighted by Gasteiger charge is -2.47. The second-order valence-corrected chi connectivity index (χ2v) is 8.42. The summed E-state index contributed by atoms with van der Waals surface area (Å²) in [5.74, 6) is -2.62. The SMILES string of the molecule is COCC(=O)N1CCC2(CCCN(Cc3ccc(C)cc3)C2)CC1.O=C(O)C(F)(F)F. The molecule has 0 unspecified atom stereocenters. The van der Waals surface area contributed by atoms with Crippen molar-refractivity contribution < 1.29 is 32.6 Å². The van der Waals surface area contributed by atoms with Crippen molar-refractivity contribution in [3.63, 3.8) is 0 Å². The number of carboxylic acid groups (broad SMARTS) is 1. The molecule has 0 aliphatic carbocycles. The number of hydrogen-bond acceptors (Lipinski definition) is 4. The minimum absolute atomic E-state index is 0.139. The molecule has 2 aliphatic rings. The Labute approximate surface area is 181 Å². The van der Waals surface area contributed by atoms with Crippen LogP contribution in [0, 0.1) is 12.3 Å². The van der Waals surface area contributed by atoms with Crippen LogP contribution < -0.4 is 0 Å². The van der Waals surface area contributed by atoms with Gasteiger partial charge in [-0.05, 0) is 50.1 Å². The summed E-state index contributed by atoms with van der Waals surface area (Å²) in [4.78, 5) is 25.5. The van der Waals surface area contributed by atoms with Crippen molar-refractivity contribution in [2.24, 2.45) is 5.41 Å². The predicted octanol–water partition coefficient (Wildman–Crippen LogP) is 3.48. The van der Waals surface area contributed by atoms with E-state index in [1.165, 1.54) is 37.1 Å². The number of carboxylic acids is 1. The number of piperidine rings is 2. The van der Waals surface area contributed by atoms with Crippen molar-refractivity contribution in [1.82, 2.24) is 9.80 Å². The minimum Gasteiger partial charge on any atom is -0.475 e. The van der Waals surface area contributed by atoms with E-state index in [0.29, 0.717) is 5.41 Å². The average Bonchev–Trinajstić information content (AvgIpc) is 2.70. The van der Waals surface area contributed by atoms with Crippen LogP contribution in [0.3, 0.4) is 0 Å². The molecular weight excluding hydrogens is 413 g/mol. The topological polar surface area (TPSA) is 70.1 Å². The molecule has 0 bridgehead atoms. The first-order valence-electron chi connectivity index (χ1n) is 10.4. The number of aliphatic carboxylic acids is 1. The molecule has 31 heavy (non-hydrogen) atoms. The van der Waals surface area contributed by atoms with E-state index in [1.807, 2.05) is 4.90 Å². The maximum atomic E-state index is 12.0. The number of benzene rings is 1. The van der Waals surface area contributed by atoms with Gasteiger partial charge < -0.3 is 14.7 Å². The van der Waals surface area contributed by atoms with Gasteiger partial charge >= 0.3 is 12.1 Å². The van der Waals surface area contributed by atoms with Crippen LogP contribution >= 0.6 is 0 Å². The summed E-state index contributed by atoms with van der Waals surface area (Å²) in [6.45, 7) is 7.55. The fourth-order valence-corrected chi connectivity index (χ4v) is 4.25. The molecule has 174 valence electrons. The van der Waals surface area contributed by atoms with Gasteiger partial charge in [0.25, 0.3) is 0 Å². The van der Waals surface area contributed by atoms with E-state index < -0.39 is 12.1 Å². The molecule has 2 fully saturated rings. The third-order valence-electron chi connectivity index (χ3n) is 5.95. The highest BCUT2D eigenvalue weighted by atomic mass is 19.4. The first-order valence-corrected chi connectivity index (χ1v) is 10.4. The highest BCUT2D eigenvalue weighted by molar-refractivity contribution is 5.77. The highest BCUT2D eigenvalue weighted by Crippen LogP contribution is 2.40. The van der Waals surface area contributed by atoms with Crippen LogP contribution in [0.4, 0.5) is 13.2 Å². The molecule has 0 atom stereocenters. The van der Waals surface area contributed by atoms with Gasteiger partial charge in [0.1, 0.15) is 6.61 Å². The number of amides is 1. The largest absolute Gasteiger partial charge is 0.490 e. The van der Waals surface area contributed by atoms with Crippen LogP contribution in [0.25, 0.3) is 0 Å². The van der Waals surface area contributed by atoms with E-state index in [2.05, 4.69) is 36.1 Å². The van der Waals surface area contributed by atoms with Gasteiger partial charge in [0.05, 0.1) is 0 Å². The molecule has 2 saturated heterocycles. The van der Waals surface area contributed by atoms with Crippen LogP contribution in [-0.4, -0.2) is 72.9 Å². The number of methoxy groups -OCH3 is 1. The Morgan fingerprint density at radius 3 is 2.19 bits per heavy atom. The molecule has 3 rings (SSSR count). The Hall–Kier alpha value is -2.13. The van der Waals surface area contributed by atoms with Crippen molar-refractivity contribution >= 4 is 11.9 Å². The number of nitrogens with zero attached hydrogens (tertiary/aromatic N) is 2. The van der Waals surface area contributed by atoms with E-state index in [0.717, 1.165) is 32.5 Å². The van der Waals surface area contributed by atoms with Crippen LogP contribution in [0.15, 0.2) is 24.3 Å². The number of carbonyl (C=O) groups excluding carboxylic acids is 1. The second kappa shape index (κ2) is 10.9. The maximum absolute atomic E-state index is 12.0. The predicted molar refractivity (Wildman–Crippen MR) is 110 cm³/mol. The van der Waals surface area contributed by atoms with Gasteiger partial charge in [0.2, 0.25) is 5.91 Å². The van der Waals surface area contributed by atoms with Gasteiger partial charge in [-0.3, -0.25) is 9.69 Å². The minimum atomic E-state index is -5.08. The zero-order chi connectivity index (χ0) is 23.1. The number of hydrogen-bond donors (Lipinski definition) is 1. The lowest BCUT2D eigenvalue weighted by Crippen LogP contribution is -2.51. The van der Waals surface area contributed by atoms with E-state index in [9.17, 15) is 18.0 Å². The van der Waals surface area contributed by atoms with Gasteiger partial charge in [-0.15, -0.1) is 0 Å².